The predicted octanol–water partition coefficient (Wildman–Crippen LogP) is 2.02. The maximum atomic E-state index is 5.41. The predicted molar refractivity (Wildman–Crippen MR) is 62.0 cm³/mol. The van der Waals surface area contributed by atoms with E-state index in [0.717, 1.165) is 18.7 Å². The number of nitrogens with two attached hydrogens (primary N) is 1. The number of rotatable bonds is 0. The molecule has 76 valence electrons. The third kappa shape index (κ3) is 0.975. The molecular formula is C12H13N3. The van der Waals surface area contributed by atoms with Gasteiger partial charge in [-0.15, -0.1) is 0 Å². The quantitative estimate of drug-likeness (QED) is 0.512. The van der Waals surface area contributed by atoms with E-state index in [1.165, 1.54) is 22.2 Å². The topological polar surface area (TPSA) is 43.3 Å². The number of nitrogens with zero attached hydrogens (tertiary/aromatic N) is 2. The second kappa shape index (κ2) is 2.86. The van der Waals surface area contributed by atoms with Gasteiger partial charge in [-0.1, -0.05) is 18.2 Å². The van der Waals surface area contributed by atoms with Crippen molar-refractivity contribution in [3.05, 3.63) is 35.5 Å². The molecule has 0 fully saturated rings. The Kier molecular flexibility index (Phi) is 1.63. The summed E-state index contributed by atoms with van der Waals surface area (Å²) in [7, 11) is 0. The van der Waals surface area contributed by atoms with E-state index >= 15 is 0 Å². The molecule has 0 unspecified atom stereocenters. The minimum Gasteiger partial charge on any atom is -0.339 e. The lowest BCUT2D eigenvalue weighted by atomic mass is 10.1. The summed E-state index contributed by atoms with van der Waals surface area (Å²) in [6.45, 7) is 3.14. The van der Waals surface area contributed by atoms with Crippen molar-refractivity contribution in [3.63, 3.8) is 0 Å². The number of hydrazone groups is 1. The summed E-state index contributed by atoms with van der Waals surface area (Å²) in [5, 5.41) is 5.19. The second-order valence-corrected chi connectivity index (χ2v) is 3.97. The smallest absolute Gasteiger partial charge is 0.0857 e. The van der Waals surface area contributed by atoms with Gasteiger partial charge in [0.1, 0.15) is 0 Å². The van der Waals surface area contributed by atoms with Gasteiger partial charge in [0.15, 0.2) is 0 Å². The first-order valence-electron chi connectivity index (χ1n) is 5.18. The van der Waals surface area contributed by atoms with Gasteiger partial charge in [0.25, 0.3) is 0 Å². The molecule has 3 heteroatoms. The van der Waals surface area contributed by atoms with Crippen LogP contribution in [0, 0.1) is 6.92 Å². The molecule has 2 heterocycles. The van der Waals surface area contributed by atoms with Crippen LogP contribution in [-0.4, -0.2) is 10.3 Å². The number of hydrogen-bond donors (Lipinski definition) is 1. The molecule has 1 aliphatic heterocycles. The van der Waals surface area contributed by atoms with Crippen molar-refractivity contribution >= 4 is 16.6 Å². The maximum absolute atomic E-state index is 5.41. The monoisotopic (exact) mass is 199 g/mol. The van der Waals surface area contributed by atoms with E-state index in [2.05, 4.69) is 40.9 Å². The largest absolute Gasteiger partial charge is 0.339 e. The highest BCUT2D eigenvalue weighted by atomic mass is 15.2. The van der Waals surface area contributed by atoms with Crippen LogP contribution in [0.5, 0.6) is 0 Å². The Morgan fingerprint density at radius 3 is 2.93 bits per heavy atom. The maximum Gasteiger partial charge on any atom is 0.0857 e. The lowest BCUT2D eigenvalue weighted by Gasteiger charge is -1.97. The van der Waals surface area contributed by atoms with Gasteiger partial charge in [-0.3, -0.25) is 0 Å². The van der Waals surface area contributed by atoms with Gasteiger partial charge in [-0.25, -0.2) is 0 Å². The van der Waals surface area contributed by atoms with Crippen molar-refractivity contribution in [1.29, 1.82) is 0 Å². The Morgan fingerprint density at radius 2 is 2.13 bits per heavy atom. The molecule has 0 spiro atoms. The van der Waals surface area contributed by atoms with Crippen LogP contribution in [-0.2, 0) is 6.54 Å². The highest BCUT2D eigenvalue weighted by molar-refractivity contribution is 6.07. The fraction of sp³-hybridized carbons (Fsp3) is 0.250. The van der Waals surface area contributed by atoms with Crippen LogP contribution in [0.1, 0.15) is 17.7 Å². The van der Waals surface area contributed by atoms with E-state index in [9.17, 15) is 0 Å². The molecule has 15 heavy (non-hydrogen) atoms. The number of hydrogen-bond acceptors (Lipinski definition) is 2. The highest BCUT2D eigenvalue weighted by Crippen LogP contribution is 2.30. The first kappa shape index (κ1) is 8.53. The molecule has 1 aromatic heterocycles. The summed E-state index contributed by atoms with van der Waals surface area (Å²) in [6, 6.07) is 8.46. The van der Waals surface area contributed by atoms with Crippen LogP contribution >= 0.6 is 0 Å². The van der Waals surface area contributed by atoms with Gasteiger partial charge in [0.2, 0.25) is 0 Å². The van der Waals surface area contributed by atoms with E-state index in [1.807, 2.05) is 0 Å². The molecule has 1 aromatic carbocycles. The molecule has 0 radical (unpaired) electrons. The molecule has 0 aliphatic carbocycles. The van der Waals surface area contributed by atoms with Crippen LogP contribution in [0.25, 0.3) is 10.9 Å². The summed E-state index contributed by atoms with van der Waals surface area (Å²) < 4.78 is 2.32. The molecule has 0 saturated heterocycles. The molecule has 1 aliphatic rings. The lowest BCUT2D eigenvalue weighted by molar-refractivity contribution is 0.797. The van der Waals surface area contributed by atoms with Gasteiger partial charge >= 0.3 is 0 Å². The third-order valence-electron chi connectivity index (χ3n) is 3.23. The number of aromatic nitrogens is 1. The average Bonchev–Trinajstić information content (AvgIpc) is 2.81. The Balaban J connectivity index is 2.45. The molecule has 3 nitrogen and oxygen atoms in total. The first-order chi connectivity index (χ1) is 7.33. The minimum atomic E-state index is 0.956. The summed E-state index contributed by atoms with van der Waals surface area (Å²) in [5.41, 5.74) is 4.85. The van der Waals surface area contributed by atoms with E-state index in [-0.39, 0.29) is 0 Å². The lowest BCUT2D eigenvalue weighted by Crippen LogP contribution is -2.00. The zero-order chi connectivity index (χ0) is 10.4. The number of aryl methyl sites for hydroxylation is 2. The standard InChI is InChI=1S/C12H13N3/c1-8-9-4-2-3-5-11(9)15-7-6-10(14-13)12(8)15/h2-5H,6-7,13H2,1H3. The van der Waals surface area contributed by atoms with E-state index < -0.39 is 0 Å². The van der Waals surface area contributed by atoms with E-state index in [4.69, 9.17) is 5.84 Å². The molecular weight excluding hydrogens is 186 g/mol. The SMILES string of the molecule is Cc1c2n(c3ccccc13)CCC2=NN. The highest BCUT2D eigenvalue weighted by Gasteiger charge is 2.23. The Bertz CT molecular complexity index is 563. The molecule has 3 rings (SSSR count). The summed E-state index contributed by atoms with van der Waals surface area (Å²) in [5.74, 6) is 5.41. The van der Waals surface area contributed by atoms with Crippen LogP contribution in [0.2, 0.25) is 0 Å². The molecule has 2 N–H and O–H groups in total. The molecule has 0 atom stereocenters. The summed E-state index contributed by atoms with van der Waals surface area (Å²) >= 11 is 0. The van der Waals surface area contributed by atoms with E-state index in [1.54, 1.807) is 0 Å². The van der Waals surface area contributed by atoms with Crippen molar-refractivity contribution in [2.75, 3.05) is 0 Å². The first-order valence-corrected chi connectivity index (χ1v) is 5.18. The minimum absolute atomic E-state index is 0.956. The van der Waals surface area contributed by atoms with Crippen LogP contribution in [0.3, 0.4) is 0 Å². The normalized spacial score (nSPS) is 17.5. The van der Waals surface area contributed by atoms with Crippen LogP contribution in [0.15, 0.2) is 29.4 Å². The summed E-state index contributed by atoms with van der Waals surface area (Å²) in [6.07, 6.45) is 0.956. The Labute approximate surface area is 88.2 Å². The van der Waals surface area contributed by atoms with Gasteiger partial charge in [-0.05, 0) is 18.6 Å². The molecule has 0 amide bonds. The van der Waals surface area contributed by atoms with Gasteiger partial charge in [0.05, 0.1) is 11.4 Å². The van der Waals surface area contributed by atoms with Gasteiger partial charge < -0.3 is 10.4 Å². The van der Waals surface area contributed by atoms with Gasteiger partial charge in [-0.2, -0.15) is 5.10 Å². The van der Waals surface area contributed by atoms with Crippen molar-refractivity contribution in [1.82, 2.24) is 4.57 Å². The van der Waals surface area contributed by atoms with Crippen molar-refractivity contribution < 1.29 is 0 Å². The second-order valence-electron chi connectivity index (χ2n) is 3.97. The Morgan fingerprint density at radius 1 is 1.33 bits per heavy atom. The van der Waals surface area contributed by atoms with Crippen molar-refractivity contribution in [2.45, 2.75) is 19.9 Å². The van der Waals surface area contributed by atoms with Gasteiger partial charge in [0, 0.05) is 23.9 Å². The summed E-state index contributed by atoms with van der Waals surface area (Å²) in [4.78, 5) is 0. The zero-order valence-electron chi connectivity index (χ0n) is 8.70. The van der Waals surface area contributed by atoms with Crippen molar-refractivity contribution in [2.24, 2.45) is 10.9 Å². The number of benzene rings is 1. The molecule has 2 aromatic rings. The fourth-order valence-electron chi connectivity index (χ4n) is 2.54. The fourth-order valence-corrected chi connectivity index (χ4v) is 2.54. The Hall–Kier alpha value is -1.77. The van der Waals surface area contributed by atoms with E-state index in [0.29, 0.717) is 0 Å². The number of para-hydroxylation sites is 1. The third-order valence-corrected chi connectivity index (χ3v) is 3.23. The molecule has 0 saturated carbocycles. The zero-order valence-corrected chi connectivity index (χ0v) is 8.70. The van der Waals surface area contributed by atoms with Crippen LogP contribution in [0.4, 0.5) is 0 Å². The average molecular weight is 199 g/mol. The molecule has 0 bridgehead atoms. The van der Waals surface area contributed by atoms with Crippen LogP contribution < -0.4 is 5.84 Å². The number of fused-ring (bicyclic) bond motifs is 3. The van der Waals surface area contributed by atoms with Crippen molar-refractivity contribution in [3.8, 4) is 0 Å².